The highest BCUT2D eigenvalue weighted by molar-refractivity contribution is 7.92. The predicted molar refractivity (Wildman–Crippen MR) is 93.5 cm³/mol. The van der Waals surface area contributed by atoms with E-state index >= 15 is 0 Å². The molecule has 0 aromatic heterocycles. The summed E-state index contributed by atoms with van der Waals surface area (Å²) in [5.74, 6) is -1.09. The van der Waals surface area contributed by atoms with Gasteiger partial charge >= 0.3 is 0 Å². The molecular formula is C16H14ClFN2O4S. The van der Waals surface area contributed by atoms with Gasteiger partial charge in [0, 0.05) is 5.69 Å². The summed E-state index contributed by atoms with van der Waals surface area (Å²) in [6, 6.07) is 8.48. The molecule has 1 aliphatic heterocycles. The van der Waals surface area contributed by atoms with E-state index < -0.39 is 21.7 Å². The number of rotatable bonds is 3. The second-order valence-corrected chi connectivity index (χ2v) is 7.73. The fourth-order valence-electron chi connectivity index (χ4n) is 2.52. The first kappa shape index (κ1) is 17.5. The molecule has 1 aliphatic rings. The maximum absolute atomic E-state index is 13.8. The summed E-state index contributed by atoms with van der Waals surface area (Å²) in [6.07, 6.45) is 1.09. The molecular weight excluding hydrogens is 371 g/mol. The van der Waals surface area contributed by atoms with Crippen molar-refractivity contribution in [2.24, 2.45) is 0 Å². The second kappa shape index (κ2) is 6.53. The summed E-state index contributed by atoms with van der Waals surface area (Å²) in [5, 5.41) is 2.50. The van der Waals surface area contributed by atoms with Crippen molar-refractivity contribution in [1.29, 1.82) is 0 Å². The molecule has 9 heteroatoms. The first-order valence-electron chi connectivity index (χ1n) is 7.27. The Morgan fingerprint density at radius 3 is 2.76 bits per heavy atom. The summed E-state index contributed by atoms with van der Waals surface area (Å²) in [6.45, 7) is 0.402. The Bertz CT molecular complexity index is 929. The lowest BCUT2D eigenvalue weighted by Crippen LogP contribution is -2.37. The fraction of sp³-hybridized carbons (Fsp3) is 0.188. The minimum atomic E-state index is -3.49. The number of fused-ring (bicyclic) bond motifs is 1. The normalized spacial score (nSPS) is 13.8. The Hall–Kier alpha value is -2.32. The molecule has 2 aromatic carbocycles. The molecule has 0 spiro atoms. The van der Waals surface area contributed by atoms with Gasteiger partial charge in [0.1, 0.15) is 18.2 Å². The number of amides is 1. The number of hydrogen-bond acceptors (Lipinski definition) is 4. The van der Waals surface area contributed by atoms with E-state index in [2.05, 4.69) is 5.32 Å². The highest BCUT2D eigenvalue weighted by Crippen LogP contribution is 2.35. The van der Waals surface area contributed by atoms with Crippen LogP contribution in [0.2, 0.25) is 5.02 Å². The third kappa shape index (κ3) is 3.54. The standard InChI is InChI=1S/C16H14ClFN2O4S/c1-25(22,23)20-7-8-24-14-6-5-10(9-13(14)20)19-16(21)15-11(17)3-2-4-12(15)18/h2-6,9H,7-8H2,1H3,(H,19,21). The van der Waals surface area contributed by atoms with Crippen LogP contribution in [0.4, 0.5) is 15.8 Å². The van der Waals surface area contributed by atoms with E-state index in [0.29, 0.717) is 17.1 Å². The topological polar surface area (TPSA) is 75.7 Å². The van der Waals surface area contributed by atoms with Crippen molar-refractivity contribution in [1.82, 2.24) is 0 Å². The molecule has 0 aliphatic carbocycles. The lowest BCUT2D eigenvalue weighted by atomic mass is 10.2. The van der Waals surface area contributed by atoms with Crippen LogP contribution >= 0.6 is 11.6 Å². The molecule has 0 fully saturated rings. The van der Waals surface area contributed by atoms with Crippen molar-refractivity contribution in [2.75, 3.05) is 29.0 Å². The molecule has 0 radical (unpaired) electrons. The minimum absolute atomic E-state index is 0.0171. The smallest absolute Gasteiger partial charge is 0.260 e. The zero-order valence-electron chi connectivity index (χ0n) is 13.1. The van der Waals surface area contributed by atoms with E-state index in [1.54, 1.807) is 6.07 Å². The second-order valence-electron chi connectivity index (χ2n) is 5.42. The number of nitrogens with one attached hydrogen (secondary N) is 1. The van der Waals surface area contributed by atoms with Gasteiger partial charge in [-0.15, -0.1) is 0 Å². The Kier molecular flexibility index (Phi) is 4.57. The van der Waals surface area contributed by atoms with Crippen molar-refractivity contribution >= 4 is 38.9 Å². The average Bonchev–Trinajstić information content (AvgIpc) is 2.53. The van der Waals surface area contributed by atoms with Crippen LogP contribution in [0, 0.1) is 5.82 Å². The van der Waals surface area contributed by atoms with Crippen LogP contribution in [0.5, 0.6) is 5.75 Å². The lowest BCUT2D eigenvalue weighted by molar-refractivity contribution is 0.102. The number of carbonyl (C=O) groups excluding carboxylic acids is 1. The number of hydrogen-bond donors (Lipinski definition) is 1. The SMILES string of the molecule is CS(=O)(=O)N1CCOc2ccc(NC(=O)c3c(F)cccc3Cl)cc21. The van der Waals surface area contributed by atoms with E-state index in [-0.39, 0.29) is 23.7 Å². The molecule has 132 valence electrons. The quantitative estimate of drug-likeness (QED) is 0.882. The van der Waals surface area contributed by atoms with Crippen molar-refractivity contribution in [3.63, 3.8) is 0 Å². The van der Waals surface area contributed by atoms with Gasteiger partial charge in [-0.3, -0.25) is 9.10 Å². The van der Waals surface area contributed by atoms with Gasteiger partial charge in [0.05, 0.1) is 29.1 Å². The van der Waals surface area contributed by atoms with E-state index in [1.807, 2.05) is 0 Å². The highest BCUT2D eigenvalue weighted by Gasteiger charge is 2.26. The van der Waals surface area contributed by atoms with Crippen LogP contribution in [-0.2, 0) is 10.0 Å². The van der Waals surface area contributed by atoms with Gasteiger partial charge in [-0.05, 0) is 30.3 Å². The van der Waals surface area contributed by atoms with E-state index in [1.165, 1.54) is 28.6 Å². The average molecular weight is 385 g/mol. The number of ether oxygens (including phenoxy) is 1. The maximum atomic E-state index is 13.8. The summed E-state index contributed by atoms with van der Waals surface area (Å²) in [4.78, 5) is 12.3. The lowest BCUT2D eigenvalue weighted by Gasteiger charge is -2.29. The summed E-state index contributed by atoms with van der Waals surface area (Å²) in [5.41, 5.74) is 0.325. The molecule has 0 atom stereocenters. The van der Waals surface area contributed by atoms with Gasteiger partial charge in [-0.2, -0.15) is 0 Å². The maximum Gasteiger partial charge on any atom is 0.260 e. The van der Waals surface area contributed by atoms with Crippen LogP contribution in [0.15, 0.2) is 36.4 Å². The van der Waals surface area contributed by atoms with Gasteiger partial charge in [-0.1, -0.05) is 17.7 Å². The molecule has 0 unspecified atom stereocenters. The summed E-state index contributed by atoms with van der Waals surface area (Å²) >= 11 is 5.88. The molecule has 1 N–H and O–H groups in total. The number of sulfonamides is 1. The number of benzene rings is 2. The van der Waals surface area contributed by atoms with Crippen molar-refractivity contribution < 1.29 is 22.3 Å². The van der Waals surface area contributed by atoms with Gasteiger partial charge in [-0.25, -0.2) is 12.8 Å². The van der Waals surface area contributed by atoms with Crippen LogP contribution in [0.25, 0.3) is 0 Å². The third-order valence-electron chi connectivity index (χ3n) is 3.63. The number of nitrogens with zero attached hydrogens (tertiary/aromatic N) is 1. The van der Waals surface area contributed by atoms with Gasteiger partial charge in [0.2, 0.25) is 10.0 Å². The molecule has 25 heavy (non-hydrogen) atoms. The summed E-state index contributed by atoms with van der Waals surface area (Å²) < 4.78 is 44.3. The van der Waals surface area contributed by atoms with Crippen LogP contribution < -0.4 is 14.4 Å². The van der Waals surface area contributed by atoms with E-state index in [9.17, 15) is 17.6 Å². The van der Waals surface area contributed by atoms with Gasteiger partial charge in [0.25, 0.3) is 5.91 Å². The molecule has 3 rings (SSSR count). The molecule has 0 saturated carbocycles. The zero-order valence-corrected chi connectivity index (χ0v) is 14.7. The zero-order chi connectivity index (χ0) is 18.2. The van der Waals surface area contributed by atoms with Crippen molar-refractivity contribution in [3.8, 4) is 5.75 Å². The molecule has 1 heterocycles. The highest BCUT2D eigenvalue weighted by atomic mass is 35.5. The number of carbonyl (C=O) groups is 1. The Labute approximate surface area is 149 Å². The van der Waals surface area contributed by atoms with Crippen LogP contribution in [0.3, 0.4) is 0 Å². The van der Waals surface area contributed by atoms with E-state index in [4.69, 9.17) is 16.3 Å². The van der Waals surface area contributed by atoms with Crippen LogP contribution in [0.1, 0.15) is 10.4 Å². The number of anilines is 2. The van der Waals surface area contributed by atoms with Gasteiger partial charge in [0.15, 0.2) is 0 Å². The largest absolute Gasteiger partial charge is 0.489 e. The monoisotopic (exact) mass is 384 g/mol. The molecule has 0 bridgehead atoms. The molecule has 6 nitrogen and oxygen atoms in total. The van der Waals surface area contributed by atoms with Crippen molar-refractivity contribution in [3.05, 3.63) is 52.8 Å². The third-order valence-corrected chi connectivity index (χ3v) is 5.12. The Balaban J connectivity index is 1.94. The molecule has 1 amide bonds. The van der Waals surface area contributed by atoms with Crippen LogP contribution in [-0.4, -0.2) is 33.7 Å². The van der Waals surface area contributed by atoms with Crippen molar-refractivity contribution in [2.45, 2.75) is 0 Å². The minimum Gasteiger partial charge on any atom is -0.489 e. The molecule has 2 aromatic rings. The first-order chi connectivity index (χ1) is 11.8. The first-order valence-corrected chi connectivity index (χ1v) is 9.50. The van der Waals surface area contributed by atoms with Gasteiger partial charge < -0.3 is 10.1 Å². The fourth-order valence-corrected chi connectivity index (χ4v) is 3.68. The predicted octanol–water partition coefficient (Wildman–Crippen LogP) is 2.89. The Morgan fingerprint density at radius 2 is 2.08 bits per heavy atom. The number of halogens is 2. The van der Waals surface area contributed by atoms with E-state index in [0.717, 1.165) is 12.3 Å². The summed E-state index contributed by atoms with van der Waals surface area (Å²) in [7, 11) is -3.49. The Morgan fingerprint density at radius 1 is 1.32 bits per heavy atom. The molecule has 0 saturated heterocycles.